The normalized spacial score (nSPS) is 20.4. The van der Waals surface area contributed by atoms with Crippen molar-refractivity contribution in [1.82, 2.24) is 4.98 Å². The Morgan fingerprint density at radius 2 is 2.04 bits per heavy atom. The molecule has 0 fully saturated rings. The summed E-state index contributed by atoms with van der Waals surface area (Å²) in [4.78, 5) is 4.74. The van der Waals surface area contributed by atoms with Crippen LogP contribution < -0.4 is 10.5 Å². The summed E-state index contributed by atoms with van der Waals surface area (Å²) in [7, 11) is 1.66. The van der Waals surface area contributed by atoms with E-state index in [1.165, 1.54) is 5.56 Å². The second-order valence-corrected chi connectivity index (χ2v) is 6.86. The van der Waals surface area contributed by atoms with Crippen molar-refractivity contribution in [2.75, 3.05) is 12.8 Å². The highest BCUT2D eigenvalue weighted by atomic mass is 32.1. The van der Waals surface area contributed by atoms with Crippen molar-refractivity contribution in [1.29, 1.82) is 0 Å². The predicted octanol–water partition coefficient (Wildman–Crippen LogP) is 3.65. The molecule has 2 heterocycles. The number of nitrogens with zero attached hydrogens (tertiary/aromatic N) is 1. The van der Waals surface area contributed by atoms with Gasteiger partial charge in [0.25, 0.3) is 0 Å². The summed E-state index contributed by atoms with van der Waals surface area (Å²) in [5.74, 6) is 1.08. The molecule has 3 N–H and O–H groups in total. The van der Waals surface area contributed by atoms with Gasteiger partial charge in [-0.15, -0.1) is 11.3 Å². The van der Waals surface area contributed by atoms with Crippen LogP contribution in [0.2, 0.25) is 0 Å². The van der Waals surface area contributed by atoms with Gasteiger partial charge in [-0.1, -0.05) is 12.1 Å². The molecule has 0 amide bonds. The highest BCUT2D eigenvalue weighted by Crippen LogP contribution is 2.43. The van der Waals surface area contributed by atoms with Crippen LogP contribution in [0, 0.1) is 0 Å². The lowest BCUT2D eigenvalue weighted by atomic mass is 9.80. The molecule has 0 unspecified atom stereocenters. The number of methoxy groups -OCH3 is 1. The Balaban J connectivity index is 1.74. The zero-order valence-corrected chi connectivity index (χ0v) is 13.6. The molecule has 4 rings (SSSR count). The van der Waals surface area contributed by atoms with Gasteiger partial charge in [-0.3, -0.25) is 4.98 Å². The topological polar surface area (TPSA) is 68.4 Å². The molecular formula is C18H18N2O2S. The monoisotopic (exact) mass is 326 g/mol. The van der Waals surface area contributed by atoms with E-state index in [2.05, 4.69) is 12.1 Å². The SMILES string of the molecule is COc1ccc([C@H]2Cc3nc4ccsc4c(N)c3[C@@H](O)C2)cc1. The van der Waals surface area contributed by atoms with E-state index in [4.69, 9.17) is 15.5 Å². The van der Waals surface area contributed by atoms with Crippen LogP contribution in [0.25, 0.3) is 10.2 Å². The van der Waals surface area contributed by atoms with E-state index >= 15 is 0 Å². The van der Waals surface area contributed by atoms with E-state index in [9.17, 15) is 5.11 Å². The first-order valence-electron chi connectivity index (χ1n) is 7.65. The lowest BCUT2D eigenvalue weighted by Gasteiger charge is -2.29. The molecule has 5 heteroatoms. The number of pyridine rings is 1. The lowest BCUT2D eigenvalue weighted by Crippen LogP contribution is -2.20. The molecule has 1 aliphatic rings. The smallest absolute Gasteiger partial charge is 0.118 e. The summed E-state index contributed by atoms with van der Waals surface area (Å²) in [6.07, 6.45) is 0.904. The van der Waals surface area contributed by atoms with Crippen LogP contribution in [0.15, 0.2) is 35.7 Å². The maximum Gasteiger partial charge on any atom is 0.118 e. The minimum absolute atomic E-state index is 0.242. The highest BCUT2D eigenvalue weighted by molar-refractivity contribution is 7.17. The van der Waals surface area contributed by atoms with Gasteiger partial charge in [-0.25, -0.2) is 0 Å². The van der Waals surface area contributed by atoms with Crippen LogP contribution in [0.3, 0.4) is 0 Å². The van der Waals surface area contributed by atoms with E-state index in [0.29, 0.717) is 12.1 Å². The lowest BCUT2D eigenvalue weighted by molar-refractivity contribution is 0.147. The van der Waals surface area contributed by atoms with Crippen molar-refractivity contribution in [3.8, 4) is 5.75 Å². The minimum Gasteiger partial charge on any atom is -0.497 e. The number of nitrogen functional groups attached to an aromatic ring is 1. The van der Waals surface area contributed by atoms with Gasteiger partial charge in [-0.2, -0.15) is 0 Å². The number of anilines is 1. The predicted molar refractivity (Wildman–Crippen MR) is 93.0 cm³/mol. The first kappa shape index (κ1) is 14.5. The molecule has 2 atom stereocenters. The van der Waals surface area contributed by atoms with Crippen molar-refractivity contribution in [3.63, 3.8) is 0 Å². The third-order valence-electron chi connectivity index (χ3n) is 4.61. The van der Waals surface area contributed by atoms with Gasteiger partial charge in [-0.05, 0) is 47.9 Å². The molecule has 0 saturated carbocycles. The number of aliphatic hydroxyl groups excluding tert-OH is 1. The van der Waals surface area contributed by atoms with Gasteiger partial charge in [0.05, 0.1) is 29.1 Å². The van der Waals surface area contributed by atoms with Gasteiger partial charge < -0.3 is 15.6 Å². The fraction of sp³-hybridized carbons (Fsp3) is 0.278. The molecule has 0 aliphatic heterocycles. The molecule has 23 heavy (non-hydrogen) atoms. The Bertz CT molecular complexity index is 857. The Morgan fingerprint density at radius 1 is 1.26 bits per heavy atom. The molecule has 4 nitrogen and oxygen atoms in total. The average molecular weight is 326 g/mol. The number of hydrogen-bond donors (Lipinski definition) is 2. The van der Waals surface area contributed by atoms with Gasteiger partial charge in [0.15, 0.2) is 0 Å². The summed E-state index contributed by atoms with van der Waals surface area (Å²) in [6, 6.07) is 10.0. The number of thiophene rings is 1. The van der Waals surface area contributed by atoms with Gasteiger partial charge >= 0.3 is 0 Å². The maximum atomic E-state index is 10.6. The first-order valence-corrected chi connectivity index (χ1v) is 8.52. The van der Waals surface area contributed by atoms with Crippen molar-refractivity contribution >= 4 is 27.2 Å². The summed E-state index contributed by atoms with van der Waals surface area (Å²) < 4.78 is 6.19. The largest absolute Gasteiger partial charge is 0.497 e. The van der Waals surface area contributed by atoms with Gasteiger partial charge in [0.2, 0.25) is 0 Å². The van der Waals surface area contributed by atoms with E-state index in [1.807, 2.05) is 23.6 Å². The quantitative estimate of drug-likeness (QED) is 0.754. The summed E-state index contributed by atoms with van der Waals surface area (Å²) in [6.45, 7) is 0. The molecule has 0 bridgehead atoms. The van der Waals surface area contributed by atoms with Crippen molar-refractivity contribution in [2.24, 2.45) is 0 Å². The van der Waals surface area contributed by atoms with Crippen molar-refractivity contribution < 1.29 is 9.84 Å². The molecule has 0 radical (unpaired) electrons. The van der Waals surface area contributed by atoms with Gasteiger partial charge in [0.1, 0.15) is 5.75 Å². The number of rotatable bonds is 2. The Morgan fingerprint density at radius 3 is 2.78 bits per heavy atom. The van der Waals surface area contributed by atoms with Crippen molar-refractivity contribution in [3.05, 3.63) is 52.5 Å². The fourth-order valence-electron chi connectivity index (χ4n) is 3.44. The Kier molecular flexibility index (Phi) is 3.47. The van der Waals surface area contributed by atoms with Crippen LogP contribution in [-0.4, -0.2) is 17.2 Å². The molecule has 0 spiro atoms. The van der Waals surface area contributed by atoms with Gasteiger partial charge in [0, 0.05) is 11.3 Å². The standard InChI is InChI=1S/C18H18N2O2S/c1-22-12-4-2-10(3-5-12)11-8-14-16(15(21)9-11)17(19)18-13(20-14)6-7-23-18/h2-7,11,15,21H,8-9H2,1H3,(H2,19,20)/t11-,15-/m0/s1. The summed E-state index contributed by atoms with van der Waals surface area (Å²) >= 11 is 1.58. The fourth-order valence-corrected chi connectivity index (χ4v) is 4.24. The minimum atomic E-state index is -0.565. The Hall–Kier alpha value is -2.11. The maximum absolute atomic E-state index is 10.6. The number of fused-ring (bicyclic) bond motifs is 2. The number of nitrogens with two attached hydrogens (primary N) is 1. The van der Waals surface area contributed by atoms with Crippen molar-refractivity contribution in [2.45, 2.75) is 24.9 Å². The van der Waals surface area contributed by atoms with Crippen LogP contribution in [0.1, 0.15) is 35.3 Å². The zero-order valence-electron chi connectivity index (χ0n) is 12.8. The number of aromatic nitrogens is 1. The third-order valence-corrected chi connectivity index (χ3v) is 5.55. The second kappa shape index (κ2) is 5.51. The Labute approximate surface area is 138 Å². The highest BCUT2D eigenvalue weighted by Gasteiger charge is 2.30. The van der Waals surface area contributed by atoms with E-state index in [0.717, 1.165) is 33.6 Å². The number of hydrogen-bond acceptors (Lipinski definition) is 5. The van der Waals surface area contributed by atoms with E-state index < -0.39 is 6.10 Å². The summed E-state index contributed by atoms with van der Waals surface area (Å²) in [5.41, 5.74) is 10.9. The molecule has 1 aliphatic carbocycles. The second-order valence-electron chi connectivity index (χ2n) is 5.95. The first-order chi connectivity index (χ1) is 11.2. The average Bonchev–Trinajstić information content (AvgIpc) is 3.03. The van der Waals surface area contributed by atoms with Crippen LogP contribution in [0.4, 0.5) is 5.69 Å². The number of ether oxygens (including phenoxy) is 1. The van der Waals surface area contributed by atoms with E-state index in [-0.39, 0.29) is 5.92 Å². The number of benzene rings is 1. The van der Waals surface area contributed by atoms with Crippen LogP contribution >= 0.6 is 11.3 Å². The van der Waals surface area contributed by atoms with Crippen LogP contribution in [-0.2, 0) is 6.42 Å². The molecule has 1 aromatic carbocycles. The molecular weight excluding hydrogens is 308 g/mol. The molecule has 0 saturated heterocycles. The van der Waals surface area contributed by atoms with E-state index in [1.54, 1.807) is 18.4 Å². The van der Waals surface area contributed by atoms with Crippen LogP contribution in [0.5, 0.6) is 5.75 Å². The third kappa shape index (κ3) is 2.36. The molecule has 3 aromatic rings. The summed E-state index contributed by atoms with van der Waals surface area (Å²) in [5, 5.41) is 12.6. The zero-order chi connectivity index (χ0) is 16.0. The molecule has 2 aromatic heterocycles. The number of aliphatic hydroxyl groups is 1. The molecule has 118 valence electrons.